The van der Waals surface area contributed by atoms with Crippen molar-refractivity contribution in [3.63, 3.8) is 0 Å². The van der Waals surface area contributed by atoms with Gasteiger partial charge in [-0.05, 0) is 30.3 Å². The molecule has 5 nitrogen and oxygen atoms in total. The number of aliphatic hydroxyl groups is 1. The van der Waals surface area contributed by atoms with Crippen LogP contribution in [0, 0.1) is 16.5 Å². The number of rotatable bonds is 4. The number of aromatic nitrogens is 2. The molecule has 0 fully saturated rings. The minimum atomic E-state index is -0.646. The molecule has 0 radical (unpaired) electrons. The summed E-state index contributed by atoms with van der Waals surface area (Å²) in [4.78, 5) is 17.7. The van der Waals surface area contributed by atoms with E-state index < -0.39 is 17.8 Å². The molecule has 4 N–H and O–H groups in total. The van der Waals surface area contributed by atoms with Crippen molar-refractivity contribution in [1.82, 2.24) is 15.3 Å². The highest BCUT2D eigenvalue weighted by atomic mass is 32.1. The molecule has 0 aliphatic rings. The molecule has 0 spiro atoms. The van der Waals surface area contributed by atoms with E-state index in [-0.39, 0.29) is 18.0 Å². The molecular formula is C13H16FN3O2S. The van der Waals surface area contributed by atoms with Crippen molar-refractivity contribution in [3.8, 4) is 0 Å². The van der Waals surface area contributed by atoms with Crippen LogP contribution in [0.4, 0.5) is 4.39 Å². The number of amides is 1. The van der Waals surface area contributed by atoms with Crippen molar-refractivity contribution < 1.29 is 14.3 Å². The normalized spacial score (nSPS) is 12.8. The van der Waals surface area contributed by atoms with E-state index in [9.17, 15) is 14.3 Å². The highest BCUT2D eigenvalue weighted by Crippen LogP contribution is 2.17. The van der Waals surface area contributed by atoms with Gasteiger partial charge in [-0.15, -0.1) is 0 Å². The highest BCUT2D eigenvalue weighted by molar-refractivity contribution is 7.71. The quantitative estimate of drug-likeness (QED) is 0.652. The Labute approximate surface area is 120 Å². The average Bonchev–Trinajstić information content (AvgIpc) is 2.74. The van der Waals surface area contributed by atoms with Crippen LogP contribution in [0.2, 0.25) is 0 Å². The van der Waals surface area contributed by atoms with Crippen LogP contribution in [0.15, 0.2) is 12.1 Å². The molecule has 0 bridgehead atoms. The maximum Gasteiger partial charge on any atom is 0.253 e. The van der Waals surface area contributed by atoms with E-state index in [0.717, 1.165) is 6.07 Å². The molecule has 1 aromatic carbocycles. The van der Waals surface area contributed by atoms with Crippen molar-refractivity contribution in [3.05, 3.63) is 28.3 Å². The predicted molar refractivity (Wildman–Crippen MR) is 76.6 cm³/mol. The number of fused-ring (bicyclic) bond motifs is 1. The SMILES string of the molecule is CC(C)C(O)CNC(=O)c1cc(F)cc2[nH]c(=S)[nH]c12. The standard InChI is InChI=1S/C13H16FN3O2S/c1-6(2)10(18)5-15-12(19)8-3-7(14)4-9-11(8)17-13(20)16-9/h3-4,6,10,18H,5H2,1-2H3,(H,15,19)(H2,16,17,20). The lowest BCUT2D eigenvalue weighted by Crippen LogP contribution is -2.34. The third-order valence-electron chi connectivity index (χ3n) is 3.08. The number of benzene rings is 1. The van der Waals surface area contributed by atoms with Gasteiger partial charge in [0.2, 0.25) is 0 Å². The smallest absolute Gasteiger partial charge is 0.253 e. The number of halogens is 1. The molecule has 1 atom stereocenters. The van der Waals surface area contributed by atoms with Gasteiger partial charge < -0.3 is 20.4 Å². The van der Waals surface area contributed by atoms with Crippen LogP contribution < -0.4 is 5.32 Å². The van der Waals surface area contributed by atoms with Crippen molar-refractivity contribution in [1.29, 1.82) is 0 Å². The first-order valence-corrected chi connectivity index (χ1v) is 6.67. The zero-order valence-corrected chi connectivity index (χ0v) is 12.0. The first-order valence-electron chi connectivity index (χ1n) is 6.26. The lowest BCUT2D eigenvalue weighted by molar-refractivity contribution is 0.0872. The maximum absolute atomic E-state index is 13.5. The summed E-state index contributed by atoms with van der Waals surface area (Å²) in [7, 11) is 0. The summed E-state index contributed by atoms with van der Waals surface area (Å²) in [6.45, 7) is 3.81. The summed E-state index contributed by atoms with van der Waals surface area (Å²) in [5.74, 6) is -0.961. The van der Waals surface area contributed by atoms with Crippen LogP contribution in [-0.4, -0.2) is 33.6 Å². The number of aromatic amines is 2. The van der Waals surface area contributed by atoms with Crippen molar-refractivity contribution in [2.24, 2.45) is 5.92 Å². The minimum Gasteiger partial charge on any atom is -0.391 e. The molecule has 7 heteroatoms. The molecule has 20 heavy (non-hydrogen) atoms. The summed E-state index contributed by atoms with van der Waals surface area (Å²) in [5, 5.41) is 12.3. The Kier molecular flexibility index (Phi) is 4.20. The maximum atomic E-state index is 13.5. The molecule has 0 aliphatic carbocycles. The second-order valence-electron chi connectivity index (χ2n) is 4.98. The highest BCUT2D eigenvalue weighted by Gasteiger charge is 2.16. The third kappa shape index (κ3) is 3.05. The number of hydrogen-bond acceptors (Lipinski definition) is 3. The van der Waals surface area contributed by atoms with Gasteiger partial charge >= 0.3 is 0 Å². The van der Waals surface area contributed by atoms with Crippen molar-refractivity contribution in [2.75, 3.05) is 6.54 Å². The number of nitrogens with one attached hydrogen (secondary N) is 3. The van der Waals surface area contributed by atoms with Crippen LogP contribution in [0.25, 0.3) is 11.0 Å². The molecule has 0 saturated carbocycles. The summed E-state index contributed by atoms with van der Waals surface area (Å²) in [6.07, 6.45) is -0.646. The zero-order chi connectivity index (χ0) is 14.9. The fourth-order valence-electron chi connectivity index (χ4n) is 1.81. The lowest BCUT2D eigenvalue weighted by atomic mass is 10.1. The number of hydrogen-bond donors (Lipinski definition) is 4. The molecule has 0 saturated heterocycles. The van der Waals surface area contributed by atoms with E-state index in [4.69, 9.17) is 12.2 Å². The first-order chi connectivity index (χ1) is 9.38. The zero-order valence-electron chi connectivity index (χ0n) is 11.2. The van der Waals surface area contributed by atoms with Gasteiger partial charge in [0.15, 0.2) is 4.77 Å². The summed E-state index contributed by atoms with van der Waals surface area (Å²) in [6, 6.07) is 2.40. The molecule has 108 valence electrons. The van der Waals surface area contributed by atoms with Gasteiger partial charge in [-0.1, -0.05) is 13.8 Å². The van der Waals surface area contributed by atoms with Crippen LogP contribution in [0.3, 0.4) is 0 Å². The van der Waals surface area contributed by atoms with Gasteiger partial charge in [-0.2, -0.15) is 0 Å². The van der Waals surface area contributed by atoms with E-state index in [1.807, 2.05) is 13.8 Å². The van der Waals surface area contributed by atoms with Crippen LogP contribution in [0.1, 0.15) is 24.2 Å². The van der Waals surface area contributed by atoms with Crippen molar-refractivity contribution in [2.45, 2.75) is 20.0 Å². The number of imidazole rings is 1. The van der Waals surface area contributed by atoms with Gasteiger partial charge in [-0.3, -0.25) is 4.79 Å². The van der Waals surface area contributed by atoms with Gasteiger partial charge in [0.05, 0.1) is 22.7 Å². The van der Waals surface area contributed by atoms with E-state index in [0.29, 0.717) is 15.8 Å². The molecule has 1 heterocycles. The Bertz CT molecular complexity index is 692. The van der Waals surface area contributed by atoms with E-state index >= 15 is 0 Å². The lowest BCUT2D eigenvalue weighted by Gasteiger charge is -2.15. The molecule has 0 aliphatic heterocycles. The van der Waals surface area contributed by atoms with Gasteiger partial charge in [0.25, 0.3) is 5.91 Å². The average molecular weight is 297 g/mol. The van der Waals surface area contributed by atoms with Crippen LogP contribution in [0.5, 0.6) is 0 Å². The molecule has 1 amide bonds. The first kappa shape index (κ1) is 14.7. The van der Waals surface area contributed by atoms with E-state index in [2.05, 4.69) is 15.3 Å². The Balaban J connectivity index is 2.28. The Morgan fingerprint density at radius 1 is 1.45 bits per heavy atom. The Morgan fingerprint density at radius 2 is 2.15 bits per heavy atom. The molecule has 2 aromatic rings. The van der Waals surface area contributed by atoms with E-state index in [1.54, 1.807) is 0 Å². The fraction of sp³-hybridized carbons (Fsp3) is 0.385. The summed E-state index contributed by atoms with van der Waals surface area (Å²) in [5.41, 5.74) is 1.04. The number of aliphatic hydroxyl groups excluding tert-OH is 1. The molecular weight excluding hydrogens is 281 g/mol. The molecule has 2 rings (SSSR count). The largest absolute Gasteiger partial charge is 0.391 e. The number of carbonyl (C=O) groups is 1. The second kappa shape index (κ2) is 5.72. The number of carbonyl (C=O) groups excluding carboxylic acids is 1. The monoisotopic (exact) mass is 297 g/mol. The molecule has 1 unspecified atom stereocenters. The number of H-pyrrole nitrogens is 2. The van der Waals surface area contributed by atoms with Gasteiger partial charge in [0, 0.05) is 6.54 Å². The molecule has 1 aromatic heterocycles. The summed E-state index contributed by atoms with van der Waals surface area (Å²) < 4.78 is 13.8. The topological polar surface area (TPSA) is 80.9 Å². The second-order valence-corrected chi connectivity index (χ2v) is 5.38. The third-order valence-corrected chi connectivity index (χ3v) is 3.28. The Hall–Kier alpha value is -1.73. The minimum absolute atomic E-state index is 0.0286. The fourth-order valence-corrected chi connectivity index (χ4v) is 2.03. The van der Waals surface area contributed by atoms with Gasteiger partial charge in [0.1, 0.15) is 5.82 Å². The van der Waals surface area contributed by atoms with E-state index in [1.165, 1.54) is 6.07 Å². The van der Waals surface area contributed by atoms with Crippen LogP contribution >= 0.6 is 12.2 Å². The Morgan fingerprint density at radius 3 is 2.80 bits per heavy atom. The van der Waals surface area contributed by atoms with Crippen LogP contribution in [-0.2, 0) is 0 Å². The van der Waals surface area contributed by atoms with Crippen molar-refractivity contribution >= 4 is 29.2 Å². The summed E-state index contributed by atoms with van der Waals surface area (Å²) >= 11 is 4.94. The predicted octanol–water partition coefficient (Wildman–Crippen LogP) is 2.11. The van der Waals surface area contributed by atoms with Gasteiger partial charge in [-0.25, -0.2) is 4.39 Å².